The number of methoxy groups -OCH3 is 1. The zero-order valence-electron chi connectivity index (χ0n) is 39.3. The van der Waals surface area contributed by atoms with E-state index in [1.54, 1.807) is 38.6 Å². The number of nitrogens with one attached hydrogen (secondary N) is 3. The Kier molecular flexibility index (Phi) is 16.0. The van der Waals surface area contributed by atoms with E-state index in [2.05, 4.69) is 52.8 Å². The number of anilines is 5. The zero-order chi connectivity index (χ0) is 47.8. The smallest absolute Gasteiger partial charge is 0.266 e. The number of unbranched alkanes of at least 4 members (excludes halogenated alkanes) is 6. The molecule has 4 aromatic rings. The summed E-state index contributed by atoms with van der Waals surface area (Å²) in [4.78, 5) is 68.2. The summed E-state index contributed by atoms with van der Waals surface area (Å²) in [6.45, 7) is 11.5. The summed E-state index contributed by atoms with van der Waals surface area (Å²) in [7, 11) is -0.882. The molecule has 3 saturated heterocycles. The van der Waals surface area contributed by atoms with Crippen molar-refractivity contribution in [1.29, 1.82) is 0 Å². The van der Waals surface area contributed by atoms with Crippen LogP contribution in [-0.4, -0.2) is 133 Å². The van der Waals surface area contributed by atoms with Gasteiger partial charge in [-0.1, -0.05) is 61.9 Å². The topological polar surface area (TPSA) is 179 Å². The molecule has 3 aromatic carbocycles. The first-order valence-electron chi connectivity index (χ1n) is 24.0. The number of piperidine rings is 2. The Morgan fingerprint density at radius 1 is 0.794 bits per heavy atom. The summed E-state index contributed by atoms with van der Waals surface area (Å²) >= 11 is 6.49. The van der Waals surface area contributed by atoms with E-state index in [9.17, 15) is 23.7 Å². The molecular formula is C50H63ClN9O7P. The molecule has 5 heterocycles. The number of benzene rings is 3. The molecule has 0 bridgehead atoms. The average Bonchev–Trinajstić information content (AvgIpc) is 3.59. The summed E-state index contributed by atoms with van der Waals surface area (Å²) < 4.78 is 24.7. The largest absolute Gasteiger partial charge is 0.494 e. The molecule has 68 heavy (non-hydrogen) atoms. The van der Waals surface area contributed by atoms with Crippen molar-refractivity contribution in [3.8, 4) is 11.5 Å². The number of fused-ring (bicyclic) bond motifs is 1. The second-order valence-corrected chi connectivity index (χ2v) is 22.0. The van der Waals surface area contributed by atoms with Gasteiger partial charge in [-0.3, -0.25) is 34.3 Å². The van der Waals surface area contributed by atoms with Gasteiger partial charge in [0.1, 0.15) is 29.7 Å². The van der Waals surface area contributed by atoms with E-state index in [0.29, 0.717) is 46.6 Å². The number of piperazine rings is 1. The first kappa shape index (κ1) is 48.9. The first-order chi connectivity index (χ1) is 32.9. The van der Waals surface area contributed by atoms with Crippen LogP contribution in [0, 0.1) is 0 Å². The number of hydrogen-bond acceptors (Lipinski definition) is 14. The van der Waals surface area contributed by atoms with Gasteiger partial charge in [0, 0.05) is 68.8 Å². The molecule has 4 amide bonds. The van der Waals surface area contributed by atoms with Gasteiger partial charge in [0.2, 0.25) is 17.8 Å². The van der Waals surface area contributed by atoms with E-state index in [1.807, 2.05) is 30.3 Å². The molecule has 1 unspecified atom stereocenters. The minimum absolute atomic E-state index is 0.0819. The predicted octanol–water partition coefficient (Wildman–Crippen LogP) is 7.67. The van der Waals surface area contributed by atoms with Crippen LogP contribution in [-0.2, 0) is 14.2 Å². The van der Waals surface area contributed by atoms with Crippen molar-refractivity contribution in [3.63, 3.8) is 0 Å². The van der Waals surface area contributed by atoms with Crippen molar-refractivity contribution in [2.24, 2.45) is 0 Å². The molecule has 0 spiro atoms. The Morgan fingerprint density at radius 3 is 2.26 bits per heavy atom. The summed E-state index contributed by atoms with van der Waals surface area (Å²) in [6, 6.07) is 18.2. The molecule has 0 radical (unpaired) electrons. The lowest BCUT2D eigenvalue weighted by molar-refractivity contribution is -0.136. The molecule has 3 N–H and O–H groups in total. The minimum Gasteiger partial charge on any atom is -0.494 e. The highest BCUT2D eigenvalue weighted by Gasteiger charge is 2.46. The van der Waals surface area contributed by atoms with E-state index in [1.165, 1.54) is 31.9 Å². The maximum absolute atomic E-state index is 13.3. The third-order valence-corrected chi connectivity index (χ3v) is 15.3. The van der Waals surface area contributed by atoms with Crippen molar-refractivity contribution in [1.82, 2.24) is 30.0 Å². The van der Waals surface area contributed by atoms with Crippen molar-refractivity contribution in [2.75, 3.05) is 88.4 Å². The molecule has 0 aliphatic carbocycles. The van der Waals surface area contributed by atoms with Crippen molar-refractivity contribution in [2.45, 2.75) is 82.7 Å². The van der Waals surface area contributed by atoms with Crippen LogP contribution in [0.4, 0.5) is 28.8 Å². The average molecular weight is 969 g/mol. The predicted molar refractivity (Wildman–Crippen MR) is 266 cm³/mol. The molecule has 3 fully saturated rings. The number of halogens is 1. The highest BCUT2D eigenvalue weighted by atomic mass is 35.5. The van der Waals surface area contributed by atoms with Crippen molar-refractivity contribution in [3.05, 3.63) is 83.0 Å². The number of para-hydroxylation sites is 1. The molecule has 18 heteroatoms. The van der Waals surface area contributed by atoms with Gasteiger partial charge in [-0.05, 0) is 88.4 Å². The van der Waals surface area contributed by atoms with E-state index in [0.717, 1.165) is 99.5 Å². The number of imide groups is 2. The van der Waals surface area contributed by atoms with E-state index in [-0.39, 0.29) is 24.0 Å². The molecule has 1 aromatic heterocycles. The fourth-order valence-electron chi connectivity index (χ4n) is 9.74. The maximum Gasteiger partial charge on any atom is 0.266 e. The third-order valence-electron chi connectivity index (χ3n) is 13.5. The van der Waals surface area contributed by atoms with E-state index >= 15 is 0 Å². The standard InChI is InChI=1S/C50H63ClN9O7P/c1-66-42-32-35(18-19-38(42)54-50-52-33-37(51)46(56-50)53-39-15-9-10-17-43(39)68(2,3)65)58-25-22-34(23-26-58)59-29-27-57(28-30-59)24-11-7-5-4-6-8-12-31-67-41-16-13-14-36-45(41)49(64)60(48(36)63)40-20-21-44(61)55-47(40)62/h9-10,13-19,32-34,40H,4-8,11-12,20-31H2,1-3H3,(H,55,61,62)(H2,52,53,54,56). The van der Waals surface area contributed by atoms with E-state index in [4.69, 9.17) is 21.1 Å². The van der Waals surface area contributed by atoms with Gasteiger partial charge in [0.05, 0.1) is 42.4 Å². The maximum atomic E-state index is 13.3. The number of hydrogen-bond donors (Lipinski definition) is 3. The molecule has 0 saturated carbocycles. The van der Waals surface area contributed by atoms with Crippen molar-refractivity contribution >= 4 is 76.5 Å². The minimum atomic E-state index is -2.55. The van der Waals surface area contributed by atoms with Crippen LogP contribution in [0.15, 0.2) is 66.9 Å². The fourth-order valence-corrected chi connectivity index (χ4v) is 11.0. The molecule has 8 rings (SSSR count). The van der Waals surface area contributed by atoms with Crippen LogP contribution in [0.3, 0.4) is 0 Å². The molecule has 1 atom stereocenters. The number of amides is 4. The normalized spacial score (nSPS) is 18.4. The zero-order valence-corrected chi connectivity index (χ0v) is 41.0. The van der Waals surface area contributed by atoms with Crippen molar-refractivity contribution < 1.29 is 33.2 Å². The third kappa shape index (κ3) is 11.6. The van der Waals surface area contributed by atoms with Gasteiger partial charge in [0.25, 0.3) is 11.8 Å². The second kappa shape index (κ2) is 22.3. The lowest BCUT2D eigenvalue weighted by Crippen LogP contribution is -2.54. The fraction of sp³-hybridized carbons (Fsp3) is 0.480. The monoisotopic (exact) mass is 967 g/mol. The number of ether oxygens (including phenoxy) is 2. The van der Waals surface area contributed by atoms with Gasteiger partial charge >= 0.3 is 0 Å². The molecule has 362 valence electrons. The van der Waals surface area contributed by atoms with E-state index < -0.39 is 36.8 Å². The Bertz CT molecular complexity index is 2520. The SMILES string of the molecule is COc1cc(N2CCC(N3CCN(CCCCCCCCCOc4cccc5c4C(=O)N(C4CCC(=O)NC4=O)C5=O)CC3)CC2)ccc1Nc1ncc(Cl)c(Nc2ccccc2P(C)(C)=O)n1. The number of rotatable bonds is 20. The van der Waals surface area contributed by atoms with Gasteiger partial charge in [0.15, 0.2) is 5.82 Å². The van der Waals surface area contributed by atoms with Crippen LogP contribution < -0.4 is 35.6 Å². The van der Waals surface area contributed by atoms with Gasteiger partial charge in [-0.25, -0.2) is 4.98 Å². The molecule has 4 aliphatic rings. The Hall–Kier alpha value is -5.54. The Morgan fingerprint density at radius 2 is 1.53 bits per heavy atom. The second-order valence-electron chi connectivity index (χ2n) is 18.4. The first-order valence-corrected chi connectivity index (χ1v) is 26.9. The lowest BCUT2D eigenvalue weighted by Gasteiger charge is -2.43. The van der Waals surface area contributed by atoms with Crippen LogP contribution in [0.5, 0.6) is 11.5 Å². The van der Waals surface area contributed by atoms with Gasteiger partial charge < -0.3 is 34.5 Å². The molecule has 4 aliphatic heterocycles. The highest BCUT2D eigenvalue weighted by molar-refractivity contribution is 7.70. The summed E-state index contributed by atoms with van der Waals surface area (Å²) in [5.74, 6) is -0.283. The van der Waals surface area contributed by atoms with Gasteiger partial charge in [-0.15, -0.1) is 0 Å². The van der Waals surface area contributed by atoms with Crippen LogP contribution in [0.25, 0.3) is 0 Å². The molecule has 16 nitrogen and oxygen atoms in total. The van der Waals surface area contributed by atoms with Crippen LogP contribution >= 0.6 is 18.7 Å². The summed E-state index contributed by atoms with van der Waals surface area (Å²) in [5, 5.41) is 9.85. The number of carbonyl (C=O) groups excluding carboxylic acids is 4. The summed E-state index contributed by atoms with van der Waals surface area (Å²) in [6.07, 6.45) is 11.8. The number of carbonyl (C=O) groups is 4. The van der Waals surface area contributed by atoms with Gasteiger partial charge in [-0.2, -0.15) is 4.98 Å². The lowest BCUT2D eigenvalue weighted by atomic mass is 10.0. The number of aromatic nitrogens is 2. The highest BCUT2D eigenvalue weighted by Crippen LogP contribution is 2.39. The van der Waals surface area contributed by atoms with Crippen LogP contribution in [0.2, 0.25) is 5.02 Å². The quantitative estimate of drug-likeness (QED) is 0.0446. The summed E-state index contributed by atoms with van der Waals surface area (Å²) in [5.41, 5.74) is 2.98. The number of nitrogens with zero attached hydrogens (tertiary/aromatic N) is 6. The Balaban J connectivity index is 0.696. The molecular weight excluding hydrogens is 905 g/mol. The van der Waals surface area contributed by atoms with Crippen LogP contribution in [0.1, 0.15) is 91.3 Å². The Labute approximate surface area is 403 Å².